The van der Waals surface area contributed by atoms with Crippen LogP contribution in [0.3, 0.4) is 0 Å². The second kappa shape index (κ2) is 14.6. The van der Waals surface area contributed by atoms with E-state index in [1.807, 2.05) is 24.2 Å². The average Bonchev–Trinajstić information content (AvgIpc) is 4.08. The number of fused-ring (bicyclic) bond motifs is 4. The number of hydrazine groups is 1. The monoisotopic (exact) mass is 808 g/mol. The number of cyclic esters (lactones) is 1. The van der Waals surface area contributed by atoms with Crippen molar-refractivity contribution in [2.45, 2.75) is 102 Å². The van der Waals surface area contributed by atoms with E-state index in [9.17, 15) is 14.4 Å². The van der Waals surface area contributed by atoms with E-state index in [4.69, 9.17) is 24.2 Å². The first kappa shape index (κ1) is 37.8. The van der Waals surface area contributed by atoms with Crippen LogP contribution in [0.4, 0.5) is 0 Å². The number of aryl methyl sites for hydroxylation is 1. The highest BCUT2D eigenvalue weighted by Crippen LogP contribution is 2.45. The summed E-state index contributed by atoms with van der Waals surface area (Å²) in [6.45, 7) is 10.6. The molecule has 12 nitrogen and oxygen atoms in total. The molecule has 5 aliphatic heterocycles. The predicted octanol–water partition coefficient (Wildman–Crippen LogP) is 5.36. The normalized spacial score (nSPS) is 28.0. The molecule has 3 aromatic heterocycles. The van der Waals surface area contributed by atoms with Gasteiger partial charge in [0.2, 0.25) is 15.6 Å². The fourth-order valence-electron chi connectivity index (χ4n) is 8.89. The number of nitrogens with zero attached hydrogens (tertiary/aromatic N) is 6. The number of esters is 1. The molecule has 4 aromatic rings. The van der Waals surface area contributed by atoms with Crippen molar-refractivity contribution in [3.63, 3.8) is 0 Å². The molecule has 5 aliphatic rings. The van der Waals surface area contributed by atoms with Gasteiger partial charge < -0.3 is 23.3 Å². The minimum absolute atomic E-state index is 0.00996. The van der Waals surface area contributed by atoms with Crippen molar-refractivity contribution in [3.8, 4) is 22.5 Å². The van der Waals surface area contributed by atoms with Crippen molar-refractivity contribution in [3.05, 3.63) is 58.2 Å². The number of hydrogen-bond acceptors (Lipinski definition) is 10. The van der Waals surface area contributed by atoms with Crippen LogP contribution in [0.1, 0.15) is 82.2 Å². The first-order valence-electron chi connectivity index (χ1n) is 19.9. The first-order valence-corrected chi connectivity index (χ1v) is 22.7. The van der Waals surface area contributed by atoms with Gasteiger partial charge in [0.15, 0.2) is 9.68 Å². The number of thiazole rings is 1. The number of amides is 2. The summed E-state index contributed by atoms with van der Waals surface area (Å²) in [5.74, 6) is -0.681. The molecule has 1 spiro atoms. The van der Waals surface area contributed by atoms with Crippen LogP contribution in [0.2, 0.25) is 0 Å². The number of hydrogen-bond donors (Lipinski definition) is 0. The van der Waals surface area contributed by atoms with E-state index in [0.29, 0.717) is 54.9 Å². The topological polar surface area (TPSA) is 119 Å². The highest BCUT2D eigenvalue weighted by molar-refractivity contribution is 7.10. The number of aromatic nitrogens is 3. The minimum Gasteiger partial charge on any atom is -0.465 e. The summed E-state index contributed by atoms with van der Waals surface area (Å²) in [5, 5.41) is 4.85. The van der Waals surface area contributed by atoms with Gasteiger partial charge in [0, 0.05) is 77.9 Å². The van der Waals surface area contributed by atoms with Crippen LogP contribution < -0.4 is 0 Å². The molecule has 56 heavy (non-hydrogen) atoms. The highest BCUT2D eigenvalue weighted by Gasteiger charge is 2.67. The van der Waals surface area contributed by atoms with Gasteiger partial charge in [-0.1, -0.05) is 19.9 Å². The van der Waals surface area contributed by atoms with Crippen LogP contribution in [-0.4, -0.2) is 110 Å². The van der Waals surface area contributed by atoms with Gasteiger partial charge >= 0.3 is 5.97 Å². The van der Waals surface area contributed by atoms with Gasteiger partial charge in [-0.2, -0.15) is 0 Å². The average molecular weight is 809 g/mol. The Labute approximate surface area is 336 Å². The zero-order valence-corrected chi connectivity index (χ0v) is 35.5. The van der Waals surface area contributed by atoms with Crippen LogP contribution >= 0.6 is 11.3 Å². The zero-order valence-electron chi connectivity index (χ0n) is 32.7. The molecule has 2 amide bonds. The van der Waals surface area contributed by atoms with E-state index < -0.39 is 16.7 Å². The molecule has 4 radical (unpaired) electrons. The van der Waals surface area contributed by atoms with Gasteiger partial charge in [0.25, 0.3) is 5.91 Å². The SMILES string of the molecule is CCn1c(-c2cccnc2[C@H](C)OC)c2c3cc(ccc31)-c1csc(n1)C[C@@]1([Si]N1C(=O)[C@@H]1CCCCO1)C(=O)N1CCC[C@@H](C(=O)OCC(C)(C)C2)C2[Si]N21. The maximum absolute atomic E-state index is 14.8. The molecular weight excluding hydrogens is 761 g/mol. The third-order valence-corrected chi connectivity index (χ3v) is 15.9. The van der Waals surface area contributed by atoms with Crippen LogP contribution in [0.5, 0.6) is 0 Å². The standard InChI is InChI=1S/C41H48N6O6SSi2/c1-6-44-31-15-14-25-19-28(31)29(35(44)26-11-9-16-42-34(26)24(2)51-5)20-40(3,4)23-53-38(49)27-12-10-17-45(47-37(27)55-47)39(50)41(21-33-43-30(25)22-54-33)46(56-41)36(48)32-13-7-8-18-52-32/h9,11,14-16,19,22,24,27,32,37H,6-8,10,12-13,17-18,20-21,23H2,1-5H3/t24-,27+,32-,37?,41+,46?,47?/m0/s1. The molecular formula is C41H48N6O6SSi2. The molecule has 2 unspecified atom stereocenters. The quantitative estimate of drug-likeness (QED) is 0.149. The van der Waals surface area contributed by atoms with Crippen molar-refractivity contribution in [1.29, 1.82) is 0 Å². The Morgan fingerprint density at radius 2 is 2.00 bits per heavy atom. The van der Waals surface area contributed by atoms with Gasteiger partial charge in [-0.05, 0) is 82.2 Å². The second-order valence-corrected chi connectivity index (χ2v) is 20.2. The summed E-state index contributed by atoms with van der Waals surface area (Å²) >= 11 is 1.54. The third kappa shape index (κ3) is 6.57. The largest absolute Gasteiger partial charge is 0.465 e. The molecule has 292 valence electrons. The van der Waals surface area contributed by atoms with E-state index in [0.717, 1.165) is 63.5 Å². The molecule has 0 aliphatic carbocycles. The molecule has 9 rings (SSSR count). The Balaban J connectivity index is 1.17. The number of methoxy groups -OCH3 is 1. The fraction of sp³-hybridized carbons (Fsp3) is 0.537. The van der Waals surface area contributed by atoms with E-state index >= 15 is 0 Å². The maximum atomic E-state index is 14.8. The van der Waals surface area contributed by atoms with Crippen molar-refractivity contribution in [2.75, 3.05) is 26.9 Å². The van der Waals surface area contributed by atoms with Crippen LogP contribution in [0, 0.1) is 11.3 Å². The molecule has 8 heterocycles. The Kier molecular flexibility index (Phi) is 9.84. The van der Waals surface area contributed by atoms with Crippen LogP contribution in [0.15, 0.2) is 41.9 Å². The van der Waals surface area contributed by atoms with Crippen molar-refractivity contribution in [2.24, 2.45) is 11.3 Å². The Morgan fingerprint density at radius 1 is 1.14 bits per heavy atom. The lowest BCUT2D eigenvalue weighted by atomic mass is 9.84. The molecule has 4 saturated heterocycles. The number of benzene rings is 1. The molecule has 6 bridgehead atoms. The summed E-state index contributed by atoms with van der Waals surface area (Å²) in [7, 11) is 2.04. The number of ether oxygens (including phenoxy) is 3. The third-order valence-electron chi connectivity index (χ3n) is 12.0. The lowest BCUT2D eigenvalue weighted by Crippen LogP contribution is -2.50. The van der Waals surface area contributed by atoms with E-state index in [2.05, 4.69) is 59.7 Å². The van der Waals surface area contributed by atoms with E-state index in [-0.39, 0.29) is 51.8 Å². The smallest absolute Gasteiger partial charge is 0.310 e. The van der Waals surface area contributed by atoms with E-state index in [1.54, 1.807) is 23.0 Å². The van der Waals surface area contributed by atoms with Crippen LogP contribution in [0.25, 0.3) is 33.4 Å². The minimum atomic E-state index is -1.01. The molecule has 4 fully saturated rings. The lowest BCUT2D eigenvalue weighted by molar-refractivity contribution is -0.154. The van der Waals surface area contributed by atoms with Gasteiger partial charge in [-0.3, -0.25) is 24.4 Å². The number of carbonyl (C=O) groups is 3. The van der Waals surface area contributed by atoms with Gasteiger partial charge in [0.1, 0.15) is 11.3 Å². The predicted molar refractivity (Wildman–Crippen MR) is 214 cm³/mol. The van der Waals surface area contributed by atoms with E-state index in [1.165, 1.54) is 5.56 Å². The highest BCUT2D eigenvalue weighted by atomic mass is 32.1. The van der Waals surface area contributed by atoms with Gasteiger partial charge in [-0.15, -0.1) is 11.3 Å². The maximum Gasteiger partial charge on any atom is 0.310 e. The fourth-order valence-corrected chi connectivity index (χ4v) is 12.6. The number of rotatable bonds is 5. The Hall–Kier alpha value is -3.74. The summed E-state index contributed by atoms with van der Waals surface area (Å²) in [6.07, 6.45) is 5.97. The summed E-state index contributed by atoms with van der Waals surface area (Å²) in [5.41, 5.74) is 6.60. The molecule has 15 heteroatoms. The zero-order chi connectivity index (χ0) is 38.9. The van der Waals surface area contributed by atoms with Gasteiger partial charge in [-0.25, -0.2) is 9.66 Å². The summed E-state index contributed by atoms with van der Waals surface area (Å²) in [6, 6.07) is 10.7. The van der Waals surface area contributed by atoms with Crippen LogP contribution in [-0.2, 0) is 48.0 Å². The van der Waals surface area contributed by atoms with Crippen molar-refractivity contribution >= 4 is 59.4 Å². The molecule has 1 aromatic carbocycles. The second-order valence-electron chi connectivity index (χ2n) is 16.5. The van der Waals surface area contributed by atoms with Gasteiger partial charge in [0.05, 0.1) is 40.7 Å². The summed E-state index contributed by atoms with van der Waals surface area (Å²) in [4.78, 5) is 52.7. The molecule has 6 atom stereocenters. The number of pyridine rings is 1. The molecule has 0 N–H and O–H groups in total. The first-order chi connectivity index (χ1) is 27.0. The summed E-state index contributed by atoms with van der Waals surface area (Å²) < 4.78 is 24.2. The Bertz CT molecular complexity index is 2200. The van der Waals surface area contributed by atoms with Crippen molar-refractivity contribution in [1.82, 2.24) is 28.8 Å². The Morgan fingerprint density at radius 3 is 2.79 bits per heavy atom. The lowest BCUT2D eigenvalue weighted by Gasteiger charge is -2.30. The number of carbonyl (C=O) groups excluding carboxylic acids is 3. The van der Waals surface area contributed by atoms with Crippen molar-refractivity contribution < 1.29 is 28.6 Å². The molecule has 0 saturated carbocycles.